The smallest absolute Gasteiger partial charge is 0.180 e. The van der Waals surface area contributed by atoms with Gasteiger partial charge in [0.25, 0.3) is 0 Å². The molecule has 2 aromatic heterocycles. The fourth-order valence-corrected chi connectivity index (χ4v) is 1.84. The Morgan fingerprint density at radius 1 is 1.11 bits per heavy atom. The van der Waals surface area contributed by atoms with E-state index in [1.165, 1.54) is 12.1 Å². The van der Waals surface area contributed by atoms with Gasteiger partial charge in [-0.2, -0.15) is 0 Å². The monoisotopic (exact) mass is 242 g/mol. The highest BCUT2D eigenvalue weighted by Gasteiger charge is 2.10. The first-order chi connectivity index (χ1) is 8.66. The molecule has 6 nitrogen and oxygen atoms in total. The van der Waals surface area contributed by atoms with Crippen molar-refractivity contribution >= 4 is 11.5 Å². The summed E-state index contributed by atoms with van der Waals surface area (Å²) in [4.78, 5) is 8.13. The van der Waals surface area contributed by atoms with E-state index >= 15 is 0 Å². The molecule has 0 bridgehead atoms. The molecule has 90 valence electrons. The van der Waals surface area contributed by atoms with Gasteiger partial charge in [0.15, 0.2) is 23.0 Å². The molecule has 6 heteroatoms. The zero-order valence-electron chi connectivity index (χ0n) is 9.28. The van der Waals surface area contributed by atoms with Crippen molar-refractivity contribution in [2.75, 3.05) is 5.73 Å². The first kappa shape index (κ1) is 10.4. The Balaban J connectivity index is 2.25. The molecule has 0 radical (unpaired) electrons. The van der Waals surface area contributed by atoms with Crippen molar-refractivity contribution in [1.29, 1.82) is 0 Å². The van der Waals surface area contributed by atoms with Crippen LogP contribution in [0.2, 0.25) is 0 Å². The lowest BCUT2D eigenvalue weighted by atomic mass is 10.1. The minimum atomic E-state index is -0.176. The summed E-state index contributed by atoms with van der Waals surface area (Å²) in [7, 11) is 0. The van der Waals surface area contributed by atoms with Crippen molar-refractivity contribution in [3.8, 4) is 22.8 Å². The number of nitrogen functional groups attached to an aromatic ring is 1. The van der Waals surface area contributed by atoms with E-state index in [9.17, 15) is 10.2 Å². The normalized spacial score (nSPS) is 10.9. The Bertz CT molecular complexity index is 736. The number of nitrogens with two attached hydrogens (primary N) is 1. The number of phenolic OH excluding ortho intramolecular Hbond substituents is 2. The van der Waals surface area contributed by atoms with Gasteiger partial charge < -0.3 is 15.9 Å². The zero-order valence-corrected chi connectivity index (χ0v) is 9.28. The molecule has 0 aliphatic carbocycles. The second kappa shape index (κ2) is 3.63. The summed E-state index contributed by atoms with van der Waals surface area (Å²) in [6, 6.07) is 4.58. The van der Waals surface area contributed by atoms with E-state index in [0.717, 1.165) is 11.3 Å². The summed E-state index contributed by atoms with van der Waals surface area (Å²) in [5.74, 6) is 0.00461. The van der Waals surface area contributed by atoms with Crippen LogP contribution in [-0.4, -0.2) is 24.6 Å². The van der Waals surface area contributed by atoms with Gasteiger partial charge in [0.1, 0.15) is 0 Å². The second-order valence-corrected chi connectivity index (χ2v) is 3.85. The molecule has 18 heavy (non-hydrogen) atoms. The highest BCUT2D eigenvalue weighted by molar-refractivity contribution is 5.70. The molecule has 0 atom stereocenters. The molecule has 3 rings (SSSR count). The van der Waals surface area contributed by atoms with E-state index in [2.05, 4.69) is 9.97 Å². The Labute approximate surface area is 102 Å². The minimum absolute atomic E-state index is 0.159. The van der Waals surface area contributed by atoms with Gasteiger partial charge in [-0.05, 0) is 18.2 Å². The van der Waals surface area contributed by atoms with E-state index in [1.807, 2.05) is 0 Å². The molecule has 0 amide bonds. The summed E-state index contributed by atoms with van der Waals surface area (Å²) in [5, 5.41) is 18.8. The van der Waals surface area contributed by atoms with E-state index < -0.39 is 0 Å². The third-order valence-electron chi connectivity index (χ3n) is 2.73. The van der Waals surface area contributed by atoms with Gasteiger partial charge in [0.2, 0.25) is 0 Å². The molecule has 3 aromatic rings. The van der Waals surface area contributed by atoms with Crippen LogP contribution in [0.3, 0.4) is 0 Å². The summed E-state index contributed by atoms with van der Waals surface area (Å²) < 4.78 is 1.77. The molecule has 0 saturated carbocycles. The van der Waals surface area contributed by atoms with Crippen molar-refractivity contribution in [2.45, 2.75) is 0 Å². The highest BCUT2D eigenvalue weighted by Crippen LogP contribution is 2.31. The third kappa shape index (κ3) is 1.43. The van der Waals surface area contributed by atoms with Gasteiger partial charge >= 0.3 is 0 Å². The standard InChI is InChI=1S/C12H10N4O2/c13-11-12-15-6-8(16(12)4-3-14-11)7-1-2-9(17)10(18)5-7/h1-6,17-18H,(H2,13,14). The fraction of sp³-hybridized carbons (Fsp3) is 0. The Kier molecular flexibility index (Phi) is 2.09. The largest absolute Gasteiger partial charge is 0.504 e. The molecule has 0 aliphatic heterocycles. The SMILES string of the molecule is Nc1nccn2c(-c3ccc(O)c(O)c3)cnc12. The average Bonchev–Trinajstić information content (AvgIpc) is 2.78. The molecule has 0 aliphatic rings. The van der Waals surface area contributed by atoms with Crippen LogP contribution in [0.25, 0.3) is 16.9 Å². The molecule has 0 unspecified atom stereocenters. The predicted octanol–water partition coefficient (Wildman–Crippen LogP) is 1.39. The first-order valence-electron chi connectivity index (χ1n) is 5.26. The number of rotatable bonds is 1. The molecule has 0 saturated heterocycles. The maximum absolute atomic E-state index is 9.51. The molecule has 2 heterocycles. The Morgan fingerprint density at radius 3 is 2.72 bits per heavy atom. The lowest BCUT2D eigenvalue weighted by Crippen LogP contribution is -1.96. The average molecular weight is 242 g/mol. The van der Waals surface area contributed by atoms with Gasteiger partial charge in [-0.15, -0.1) is 0 Å². The second-order valence-electron chi connectivity index (χ2n) is 3.85. The number of aromatic nitrogens is 3. The van der Waals surface area contributed by atoms with Gasteiger partial charge in [0.05, 0.1) is 11.9 Å². The number of phenols is 2. The van der Waals surface area contributed by atoms with Gasteiger partial charge in [-0.1, -0.05) is 0 Å². The number of hydrogen-bond acceptors (Lipinski definition) is 5. The van der Waals surface area contributed by atoms with Crippen molar-refractivity contribution in [1.82, 2.24) is 14.4 Å². The number of benzene rings is 1. The topological polar surface area (TPSA) is 96.7 Å². The lowest BCUT2D eigenvalue weighted by Gasteiger charge is -2.04. The van der Waals surface area contributed by atoms with E-state index in [-0.39, 0.29) is 11.5 Å². The van der Waals surface area contributed by atoms with Crippen molar-refractivity contribution < 1.29 is 10.2 Å². The van der Waals surface area contributed by atoms with Crippen molar-refractivity contribution in [3.05, 3.63) is 36.8 Å². The predicted molar refractivity (Wildman–Crippen MR) is 66.2 cm³/mol. The van der Waals surface area contributed by atoms with Crippen LogP contribution in [0.15, 0.2) is 36.8 Å². The van der Waals surface area contributed by atoms with Crippen LogP contribution < -0.4 is 5.73 Å². The van der Waals surface area contributed by atoms with Crippen LogP contribution >= 0.6 is 0 Å². The number of anilines is 1. The molecular formula is C12H10N4O2. The summed E-state index contributed by atoms with van der Waals surface area (Å²) in [5.41, 5.74) is 7.76. The molecule has 0 fully saturated rings. The Hall–Kier alpha value is -2.76. The highest BCUT2D eigenvalue weighted by atomic mass is 16.3. The maximum Gasteiger partial charge on any atom is 0.180 e. The lowest BCUT2D eigenvalue weighted by molar-refractivity contribution is 0.404. The van der Waals surface area contributed by atoms with E-state index in [0.29, 0.717) is 11.5 Å². The molecule has 0 spiro atoms. The Morgan fingerprint density at radius 2 is 1.94 bits per heavy atom. The third-order valence-corrected chi connectivity index (χ3v) is 2.73. The summed E-state index contributed by atoms with van der Waals surface area (Å²) in [6.45, 7) is 0. The summed E-state index contributed by atoms with van der Waals surface area (Å²) >= 11 is 0. The molecular weight excluding hydrogens is 232 g/mol. The number of nitrogens with zero attached hydrogens (tertiary/aromatic N) is 3. The molecule has 4 N–H and O–H groups in total. The number of hydrogen-bond donors (Lipinski definition) is 3. The minimum Gasteiger partial charge on any atom is -0.504 e. The van der Waals surface area contributed by atoms with Crippen molar-refractivity contribution in [3.63, 3.8) is 0 Å². The fourth-order valence-electron chi connectivity index (χ4n) is 1.84. The zero-order chi connectivity index (χ0) is 12.7. The summed E-state index contributed by atoms with van der Waals surface area (Å²) in [6.07, 6.45) is 4.95. The van der Waals surface area contributed by atoms with Crippen LogP contribution in [0.4, 0.5) is 5.82 Å². The van der Waals surface area contributed by atoms with Crippen LogP contribution in [0.5, 0.6) is 11.5 Å². The van der Waals surface area contributed by atoms with Crippen LogP contribution in [0.1, 0.15) is 0 Å². The van der Waals surface area contributed by atoms with Gasteiger partial charge in [-0.25, -0.2) is 9.97 Å². The quantitative estimate of drug-likeness (QED) is 0.560. The number of imidazole rings is 1. The van der Waals surface area contributed by atoms with Gasteiger partial charge in [-0.3, -0.25) is 4.40 Å². The maximum atomic E-state index is 9.51. The van der Waals surface area contributed by atoms with Crippen molar-refractivity contribution in [2.24, 2.45) is 0 Å². The first-order valence-corrected chi connectivity index (χ1v) is 5.26. The van der Waals surface area contributed by atoms with E-state index in [4.69, 9.17) is 5.73 Å². The van der Waals surface area contributed by atoms with Crippen LogP contribution in [-0.2, 0) is 0 Å². The van der Waals surface area contributed by atoms with E-state index in [1.54, 1.807) is 29.1 Å². The molecule has 1 aromatic carbocycles. The van der Waals surface area contributed by atoms with Crippen LogP contribution in [0, 0.1) is 0 Å². The number of aromatic hydroxyl groups is 2. The van der Waals surface area contributed by atoms with Gasteiger partial charge in [0, 0.05) is 18.0 Å². The number of fused-ring (bicyclic) bond motifs is 1.